The van der Waals surface area contributed by atoms with Gasteiger partial charge in [0.05, 0.1) is 0 Å². The van der Waals surface area contributed by atoms with Crippen LogP contribution >= 0.6 is 0 Å². The topological polar surface area (TPSA) is 70.6 Å². The Morgan fingerprint density at radius 1 is 1.40 bits per heavy atom. The number of rotatable bonds is 5. The Balaban J connectivity index is 1.90. The van der Waals surface area contributed by atoms with Crippen molar-refractivity contribution in [2.75, 3.05) is 0 Å². The number of oxime groups is 1. The van der Waals surface area contributed by atoms with Crippen molar-refractivity contribution >= 4 is 5.84 Å². The first kappa shape index (κ1) is 14.9. The number of nitrogens with two attached hydrogens (primary N) is 1. The van der Waals surface area contributed by atoms with E-state index in [9.17, 15) is 0 Å². The van der Waals surface area contributed by atoms with E-state index in [4.69, 9.17) is 10.9 Å². The van der Waals surface area contributed by atoms with Crippen molar-refractivity contribution in [3.63, 3.8) is 0 Å². The number of amidine groups is 1. The number of nitrogens with zero attached hydrogens (tertiary/aromatic N) is 1. The largest absolute Gasteiger partial charge is 0.409 e. The normalized spacial score (nSPS) is 18.9. The molecule has 0 aliphatic heterocycles. The molecule has 1 aliphatic rings. The van der Waals surface area contributed by atoms with Gasteiger partial charge in [-0.25, -0.2) is 0 Å². The van der Waals surface area contributed by atoms with Crippen molar-refractivity contribution in [1.29, 1.82) is 0 Å². The van der Waals surface area contributed by atoms with Gasteiger partial charge in [-0.15, -0.1) is 0 Å². The molecule has 4 nitrogen and oxygen atoms in total. The lowest BCUT2D eigenvalue weighted by Gasteiger charge is -2.28. The summed E-state index contributed by atoms with van der Waals surface area (Å²) < 4.78 is 0. The Labute approximate surface area is 121 Å². The smallest absolute Gasteiger partial charge is 0.170 e. The van der Waals surface area contributed by atoms with Gasteiger partial charge in [0.15, 0.2) is 5.84 Å². The maximum atomic E-state index is 8.71. The van der Waals surface area contributed by atoms with E-state index >= 15 is 0 Å². The first-order valence-electron chi connectivity index (χ1n) is 7.51. The maximum absolute atomic E-state index is 8.71. The maximum Gasteiger partial charge on any atom is 0.170 e. The summed E-state index contributed by atoms with van der Waals surface area (Å²) in [5, 5.41) is 15.4. The van der Waals surface area contributed by atoms with Gasteiger partial charge in [0.25, 0.3) is 0 Å². The third-order valence-corrected chi connectivity index (χ3v) is 4.32. The Morgan fingerprint density at radius 3 is 2.85 bits per heavy atom. The van der Waals surface area contributed by atoms with E-state index in [1.807, 2.05) is 18.2 Å². The Kier molecular flexibility index (Phi) is 5.41. The van der Waals surface area contributed by atoms with Crippen molar-refractivity contribution in [3.05, 3.63) is 35.4 Å². The van der Waals surface area contributed by atoms with Gasteiger partial charge in [0, 0.05) is 18.2 Å². The van der Waals surface area contributed by atoms with Crippen LogP contribution in [-0.4, -0.2) is 17.1 Å². The third kappa shape index (κ3) is 3.97. The highest BCUT2D eigenvalue weighted by Gasteiger charge is 2.19. The minimum Gasteiger partial charge on any atom is -0.409 e. The van der Waals surface area contributed by atoms with E-state index in [1.165, 1.54) is 32.1 Å². The molecule has 0 radical (unpaired) electrons. The van der Waals surface area contributed by atoms with Gasteiger partial charge in [0.2, 0.25) is 0 Å². The molecule has 0 spiro atoms. The van der Waals surface area contributed by atoms with Gasteiger partial charge in [-0.2, -0.15) is 0 Å². The van der Waals surface area contributed by atoms with Crippen molar-refractivity contribution in [2.45, 2.75) is 51.6 Å². The number of hydrogen-bond donors (Lipinski definition) is 3. The molecule has 20 heavy (non-hydrogen) atoms. The lowest BCUT2D eigenvalue weighted by atomic mass is 9.84. The highest BCUT2D eigenvalue weighted by atomic mass is 16.4. The molecule has 4 heteroatoms. The van der Waals surface area contributed by atoms with E-state index in [-0.39, 0.29) is 5.84 Å². The number of benzene rings is 1. The second-order valence-corrected chi connectivity index (χ2v) is 5.75. The molecule has 0 aromatic heterocycles. The fourth-order valence-electron chi connectivity index (χ4n) is 2.98. The molecule has 0 heterocycles. The molecule has 1 aromatic rings. The highest BCUT2D eigenvalue weighted by Crippen LogP contribution is 2.26. The summed E-state index contributed by atoms with van der Waals surface area (Å²) in [4.78, 5) is 0. The molecule has 0 amide bonds. The van der Waals surface area contributed by atoms with Crippen LogP contribution in [0, 0.1) is 5.92 Å². The first-order valence-corrected chi connectivity index (χ1v) is 7.51. The second kappa shape index (κ2) is 7.29. The Hall–Kier alpha value is -1.55. The van der Waals surface area contributed by atoms with Crippen LogP contribution in [0.5, 0.6) is 0 Å². The minimum atomic E-state index is 0.159. The molecule has 1 aromatic carbocycles. The van der Waals surface area contributed by atoms with Crippen molar-refractivity contribution < 1.29 is 5.21 Å². The van der Waals surface area contributed by atoms with Crippen LogP contribution in [0.4, 0.5) is 0 Å². The molecule has 1 aliphatic carbocycles. The van der Waals surface area contributed by atoms with Gasteiger partial charge >= 0.3 is 0 Å². The van der Waals surface area contributed by atoms with Crippen LogP contribution in [0.3, 0.4) is 0 Å². The van der Waals surface area contributed by atoms with Crippen molar-refractivity contribution in [1.82, 2.24) is 5.32 Å². The van der Waals surface area contributed by atoms with Gasteiger partial charge in [-0.1, -0.05) is 42.6 Å². The molecular weight excluding hydrogens is 250 g/mol. The zero-order chi connectivity index (χ0) is 14.4. The summed E-state index contributed by atoms with van der Waals surface area (Å²) >= 11 is 0. The molecule has 0 bridgehead atoms. The summed E-state index contributed by atoms with van der Waals surface area (Å²) in [5.41, 5.74) is 7.54. The molecule has 110 valence electrons. The lowest BCUT2D eigenvalue weighted by molar-refractivity contribution is 0.280. The Morgan fingerprint density at radius 2 is 2.15 bits per heavy atom. The molecule has 1 saturated carbocycles. The van der Waals surface area contributed by atoms with Crippen LogP contribution < -0.4 is 11.1 Å². The van der Waals surface area contributed by atoms with E-state index in [1.54, 1.807) is 0 Å². The van der Waals surface area contributed by atoms with Crippen LogP contribution in [-0.2, 0) is 6.54 Å². The third-order valence-electron chi connectivity index (χ3n) is 4.32. The van der Waals surface area contributed by atoms with Crippen LogP contribution in [0.2, 0.25) is 0 Å². The summed E-state index contributed by atoms with van der Waals surface area (Å²) in [6.45, 7) is 3.10. The van der Waals surface area contributed by atoms with E-state index in [0.29, 0.717) is 6.04 Å². The molecule has 0 saturated heterocycles. The average Bonchev–Trinajstić information content (AvgIpc) is 2.53. The SMILES string of the molecule is C[C@H](NCc1cccc(/C(N)=N/O)c1)C1CCCCC1. The summed E-state index contributed by atoms with van der Waals surface area (Å²) in [7, 11) is 0. The molecule has 4 N–H and O–H groups in total. The molecule has 2 rings (SSSR count). The summed E-state index contributed by atoms with van der Waals surface area (Å²) in [6, 6.07) is 8.37. The van der Waals surface area contributed by atoms with Crippen molar-refractivity contribution in [3.8, 4) is 0 Å². The van der Waals surface area contributed by atoms with Crippen LogP contribution in [0.1, 0.15) is 50.2 Å². The highest BCUT2D eigenvalue weighted by molar-refractivity contribution is 5.97. The summed E-state index contributed by atoms with van der Waals surface area (Å²) in [5.74, 6) is 0.961. The van der Waals surface area contributed by atoms with Crippen LogP contribution in [0.15, 0.2) is 29.4 Å². The van der Waals surface area contributed by atoms with E-state index in [2.05, 4.69) is 23.5 Å². The molecule has 1 atom stereocenters. The summed E-state index contributed by atoms with van der Waals surface area (Å²) in [6.07, 6.45) is 6.83. The fraction of sp³-hybridized carbons (Fsp3) is 0.562. The fourth-order valence-corrected chi connectivity index (χ4v) is 2.98. The number of nitrogens with one attached hydrogen (secondary N) is 1. The predicted octanol–water partition coefficient (Wildman–Crippen LogP) is 2.84. The first-order chi connectivity index (χ1) is 9.70. The standard InChI is InChI=1S/C16H25N3O/c1-12(14-7-3-2-4-8-14)18-11-13-6-5-9-15(10-13)16(17)19-20/h5-6,9-10,12,14,18,20H,2-4,7-8,11H2,1H3,(H2,17,19)/t12-/m0/s1. The zero-order valence-corrected chi connectivity index (χ0v) is 12.2. The van der Waals surface area contributed by atoms with Gasteiger partial charge in [0.1, 0.15) is 0 Å². The number of hydrogen-bond acceptors (Lipinski definition) is 3. The van der Waals surface area contributed by atoms with Gasteiger partial charge < -0.3 is 16.3 Å². The minimum absolute atomic E-state index is 0.159. The quantitative estimate of drug-likeness (QED) is 0.335. The van der Waals surface area contributed by atoms with Crippen LogP contribution in [0.25, 0.3) is 0 Å². The van der Waals surface area contributed by atoms with Gasteiger partial charge in [-0.3, -0.25) is 0 Å². The predicted molar refractivity (Wildman–Crippen MR) is 81.8 cm³/mol. The molecule has 1 fully saturated rings. The van der Waals surface area contributed by atoms with Crippen molar-refractivity contribution in [2.24, 2.45) is 16.8 Å². The molecular formula is C16H25N3O. The monoisotopic (exact) mass is 275 g/mol. The second-order valence-electron chi connectivity index (χ2n) is 5.75. The molecule has 0 unspecified atom stereocenters. The van der Waals surface area contributed by atoms with Gasteiger partial charge in [-0.05, 0) is 37.3 Å². The average molecular weight is 275 g/mol. The lowest BCUT2D eigenvalue weighted by Crippen LogP contribution is -2.34. The van der Waals surface area contributed by atoms with E-state index in [0.717, 1.165) is 23.6 Å². The van der Waals surface area contributed by atoms with E-state index < -0.39 is 0 Å². The zero-order valence-electron chi connectivity index (χ0n) is 12.2. The Bertz CT molecular complexity index is 453.